The molecule has 1 unspecified atom stereocenters. The van der Waals surface area contributed by atoms with Crippen LogP contribution in [0.5, 0.6) is 0 Å². The molecule has 2 rings (SSSR count). The first-order valence-corrected chi connectivity index (χ1v) is 5.76. The predicted octanol–water partition coefficient (Wildman–Crippen LogP) is -2.60. The molecule has 4 N–H and O–H groups in total. The van der Waals surface area contributed by atoms with E-state index in [4.69, 9.17) is 20.3 Å². The molecule has 1 aromatic heterocycles. The van der Waals surface area contributed by atoms with Gasteiger partial charge in [-0.2, -0.15) is 4.98 Å². The van der Waals surface area contributed by atoms with E-state index in [-0.39, 0.29) is 5.95 Å². The zero-order chi connectivity index (χ0) is 14.9. The van der Waals surface area contributed by atoms with E-state index in [2.05, 4.69) is 9.97 Å². The Kier molecular flexibility index (Phi) is 3.97. The number of aliphatic hydroxyl groups excluding tert-OH is 2. The zero-order valence-corrected chi connectivity index (χ0v) is 10.5. The van der Waals surface area contributed by atoms with Gasteiger partial charge in [-0.3, -0.25) is 9.36 Å². The zero-order valence-electron chi connectivity index (χ0n) is 10.5. The van der Waals surface area contributed by atoms with Gasteiger partial charge in [0.25, 0.3) is 0 Å². The van der Waals surface area contributed by atoms with Crippen molar-refractivity contribution in [2.45, 2.75) is 31.5 Å². The van der Waals surface area contributed by atoms with Crippen LogP contribution in [-0.4, -0.2) is 55.6 Å². The van der Waals surface area contributed by atoms with Crippen LogP contribution in [0.4, 0.5) is 5.95 Å². The summed E-state index contributed by atoms with van der Waals surface area (Å²) in [6.07, 6.45) is -3.50. The van der Waals surface area contributed by atoms with Crippen molar-refractivity contribution in [3.63, 3.8) is 0 Å². The van der Waals surface area contributed by atoms with Crippen molar-refractivity contribution >= 4 is 11.9 Å². The number of ether oxygens (including phenoxy) is 2. The number of esters is 1. The summed E-state index contributed by atoms with van der Waals surface area (Å²) >= 11 is 0. The van der Waals surface area contributed by atoms with E-state index in [1.54, 1.807) is 0 Å². The van der Waals surface area contributed by atoms with E-state index in [9.17, 15) is 14.7 Å². The Balaban J connectivity index is 2.36. The number of carbonyl (C=O) groups is 1. The molecule has 4 atom stereocenters. The number of hydrogen-bond donors (Lipinski definition) is 3. The van der Waals surface area contributed by atoms with E-state index in [1.165, 1.54) is 0 Å². The molecule has 0 aromatic carbocycles. The highest BCUT2D eigenvalue weighted by molar-refractivity contribution is 5.66. The fourth-order valence-electron chi connectivity index (χ4n) is 1.94. The fraction of sp³-hybridized carbons (Fsp3) is 0.600. The van der Waals surface area contributed by atoms with Crippen LogP contribution in [0.3, 0.4) is 0 Å². The number of nitrogens with two attached hydrogens (primary N) is 1. The van der Waals surface area contributed by atoms with Crippen molar-refractivity contribution < 1.29 is 24.5 Å². The Morgan fingerprint density at radius 2 is 2.35 bits per heavy atom. The summed E-state index contributed by atoms with van der Waals surface area (Å²) in [7, 11) is 0. The maximum Gasteiger partial charge on any atom is 0.354 e. The third-order valence-electron chi connectivity index (χ3n) is 2.81. The molecule has 1 aliphatic rings. The van der Waals surface area contributed by atoms with Gasteiger partial charge < -0.3 is 25.4 Å². The molecule has 0 aliphatic carbocycles. The van der Waals surface area contributed by atoms with E-state index >= 15 is 0 Å². The molecule has 0 spiro atoms. The number of aliphatic hydroxyl groups is 2. The molecule has 1 aliphatic heterocycles. The fourth-order valence-corrected chi connectivity index (χ4v) is 1.94. The molecule has 10 heteroatoms. The van der Waals surface area contributed by atoms with Crippen LogP contribution >= 0.6 is 0 Å². The molecule has 0 amide bonds. The normalized spacial score (nSPS) is 29.4. The van der Waals surface area contributed by atoms with Crippen molar-refractivity contribution in [1.82, 2.24) is 14.5 Å². The van der Waals surface area contributed by atoms with E-state index in [0.717, 1.165) is 17.8 Å². The molecule has 1 aromatic rings. The Bertz CT molecular complexity index is 561. The molecular weight excluding hydrogens is 272 g/mol. The van der Waals surface area contributed by atoms with Gasteiger partial charge in [-0.15, -0.1) is 0 Å². The van der Waals surface area contributed by atoms with Gasteiger partial charge in [0, 0.05) is 6.92 Å². The van der Waals surface area contributed by atoms with Crippen molar-refractivity contribution in [2.24, 2.45) is 0 Å². The lowest BCUT2D eigenvalue weighted by Gasteiger charge is -2.20. The van der Waals surface area contributed by atoms with E-state index < -0.39 is 42.8 Å². The van der Waals surface area contributed by atoms with E-state index in [0.29, 0.717) is 0 Å². The topological polar surface area (TPSA) is 150 Å². The molecule has 20 heavy (non-hydrogen) atoms. The number of hydrogen-bond acceptors (Lipinski definition) is 9. The molecular formula is C10H14N4O6. The van der Waals surface area contributed by atoms with Gasteiger partial charge in [0.05, 0.1) is 6.61 Å². The number of nitrogens with zero attached hydrogens (tertiary/aromatic N) is 3. The Morgan fingerprint density at radius 3 is 2.90 bits per heavy atom. The maximum absolute atomic E-state index is 11.7. The smallest absolute Gasteiger partial charge is 0.354 e. The molecule has 1 saturated heterocycles. The molecule has 2 heterocycles. The highest BCUT2D eigenvalue weighted by Gasteiger charge is 2.47. The first kappa shape index (κ1) is 14.4. The first-order chi connectivity index (χ1) is 9.43. The van der Waals surface area contributed by atoms with Crippen LogP contribution in [-0.2, 0) is 14.3 Å². The van der Waals surface area contributed by atoms with Crippen molar-refractivity contribution in [3.05, 3.63) is 16.8 Å². The maximum atomic E-state index is 11.7. The van der Waals surface area contributed by atoms with Crippen LogP contribution in [0.15, 0.2) is 11.1 Å². The number of carbonyl (C=O) groups excluding carboxylic acids is 1. The largest absolute Gasteiger partial charge is 0.455 e. The Morgan fingerprint density at radius 1 is 1.65 bits per heavy atom. The summed E-state index contributed by atoms with van der Waals surface area (Å²) in [5, 5.41) is 19.0. The van der Waals surface area contributed by atoms with Crippen molar-refractivity contribution in [3.8, 4) is 0 Å². The van der Waals surface area contributed by atoms with Crippen LogP contribution < -0.4 is 11.4 Å². The molecule has 0 saturated carbocycles. The van der Waals surface area contributed by atoms with E-state index in [1.807, 2.05) is 0 Å². The average molecular weight is 286 g/mol. The van der Waals surface area contributed by atoms with Gasteiger partial charge in [-0.25, -0.2) is 9.78 Å². The minimum absolute atomic E-state index is 0.215. The first-order valence-electron chi connectivity index (χ1n) is 5.76. The minimum Gasteiger partial charge on any atom is -0.455 e. The van der Waals surface area contributed by atoms with Crippen LogP contribution in [0.1, 0.15) is 13.2 Å². The SMILES string of the molecule is CC(=O)O[C@@H]1C(n2cnc(N)nc2=O)O[C@H](CO)[C@@H]1O. The van der Waals surface area contributed by atoms with Gasteiger partial charge in [-0.05, 0) is 0 Å². The second-order valence-electron chi connectivity index (χ2n) is 4.22. The molecule has 0 bridgehead atoms. The summed E-state index contributed by atoms with van der Waals surface area (Å²) in [4.78, 5) is 29.8. The van der Waals surface area contributed by atoms with Gasteiger partial charge in [0.15, 0.2) is 12.3 Å². The Hall–Kier alpha value is -2.04. The lowest BCUT2D eigenvalue weighted by atomic mass is 10.1. The number of rotatable bonds is 3. The van der Waals surface area contributed by atoms with Gasteiger partial charge in [-0.1, -0.05) is 0 Å². The number of nitrogen functional groups attached to an aromatic ring is 1. The quantitative estimate of drug-likeness (QED) is 0.508. The monoisotopic (exact) mass is 286 g/mol. The third-order valence-corrected chi connectivity index (χ3v) is 2.81. The number of aromatic nitrogens is 3. The van der Waals surface area contributed by atoms with Gasteiger partial charge in [0.1, 0.15) is 18.5 Å². The van der Waals surface area contributed by atoms with Crippen molar-refractivity contribution in [2.75, 3.05) is 12.3 Å². The summed E-state index contributed by atoms with van der Waals surface area (Å²) in [5.74, 6) is -0.877. The summed E-state index contributed by atoms with van der Waals surface area (Å²) < 4.78 is 11.2. The summed E-state index contributed by atoms with van der Waals surface area (Å²) in [5.41, 5.74) is 4.50. The molecule has 0 radical (unpaired) electrons. The average Bonchev–Trinajstić information content (AvgIpc) is 2.66. The van der Waals surface area contributed by atoms with Crippen LogP contribution in [0.25, 0.3) is 0 Å². The van der Waals surface area contributed by atoms with Gasteiger partial charge in [0.2, 0.25) is 5.95 Å². The van der Waals surface area contributed by atoms with Gasteiger partial charge >= 0.3 is 11.7 Å². The van der Waals surface area contributed by atoms with Crippen molar-refractivity contribution in [1.29, 1.82) is 0 Å². The Labute approximate surface area is 112 Å². The highest BCUT2D eigenvalue weighted by Crippen LogP contribution is 2.30. The minimum atomic E-state index is -1.28. The predicted molar refractivity (Wildman–Crippen MR) is 63.3 cm³/mol. The summed E-state index contributed by atoms with van der Waals surface area (Å²) in [6.45, 7) is 0.651. The van der Waals surface area contributed by atoms with Crippen LogP contribution in [0, 0.1) is 0 Å². The number of anilines is 1. The summed E-state index contributed by atoms with van der Waals surface area (Å²) in [6, 6.07) is 0. The standard InChI is InChI=1S/C10H14N4O6/c1-4(16)19-7-6(17)5(2-15)20-8(7)14-3-12-9(11)13-10(14)18/h3,5-8,15,17H,2H2,1H3,(H2,11,13,18)/t5-,6+,7+,8?/m1/s1. The molecule has 110 valence electrons. The molecule has 1 fully saturated rings. The third kappa shape index (κ3) is 2.61. The lowest BCUT2D eigenvalue weighted by molar-refractivity contribution is -0.156. The highest BCUT2D eigenvalue weighted by atomic mass is 16.6. The molecule has 10 nitrogen and oxygen atoms in total. The lowest BCUT2D eigenvalue weighted by Crippen LogP contribution is -2.39. The second kappa shape index (κ2) is 5.53. The van der Waals surface area contributed by atoms with Crippen LogP contribution in [0.2, 0.25) is 0 Å². The second-order valence-corrected chi connectivity index (χ2v) is 4.22.